The summed E-state index contributed by atoms with van der Waals surface area (Å²) in [5, 5.41) is 2.37. The van der Waals surface area contributed by atoms with Gasteiger partial charge in [0.1, 0.15) is 18.4 Å². The number of nitrogens with one attached hydrogen (secondary N) is 1. The average Bonchev–Trinajstić information content (AvgIpc) is 2.52. The molecule has 0 aliphatic rings. The Hall–Kier alpha value is -2.37. The summed E-state index contributed by atoms with van der Waals surface area (Å²) in [5.41, 5.74) is 0.825. The molecule has 1 atom stereocenters. The summed E-state index contributed by atoms with van der Waals surface area (Å²) in [6, 6.07) is 8.10. The Balaban J connectivity index is 2.55. The maximum atomic E-state index is 11.7. The van der Waals surface area contributed by atoms with Gasteiger partial charge in [0, 0.05) is 12.3 Å². The van der Waals surface area contributed by atoms with Gasteiger partial charge in [0.15, 0.2) is 0 Å². The van der Waals surface area contributed by atoms with E-state index >= 15 is 0 Å². The van der Waals surface area contributed by atoms with Crippen molar-refractivity contribution >= 4 is 17.8 Å². The van der Waals surface area contributed by atoms with Gasteiger partial charge >= 0.3 is 12.1 Å². The van der Waals surface area contributed by atoms with Crippen LogP contribution in [0.3, 0.4) is 0 Å². The molecule has 1 N–H and O–H groups in total. The number of ketones is 1. The molecule has 0 spiro atoms. The summed E-state index contributed by atoms with van der Waals surface area (Å²) in [6.45, 7) is 3.54. The maximum absolute atomic E-state index is 11.7. The molecular weight excluding hydrogens is 286 g/mol. The van der Waals surface area contributed by atoms with Crippen molar-refractivity contribution in [3.63, 3.8) is 0 Å². The molecule has 1 aromatic carbocycles. The molecule has 0 aliphatic carbocycles. The first-order valence-corrected chi connectivity index (χ1v) is 7.01. The highest BCUT2D eigenvalue weighted by atomic mass is 16.6. The number of esters is 1. The van der Waals surface area contributed by atoms with Crippen LogP contribution in [-0.4, -0.2) is 31.0 Å². The standard InChI is InChI=1S/C16H21NO5/c1-11(2)14(18)9-13(15(19)21-3)17-16(20)22-10-12-7-5-4-6-8-12/h4-8,11,13H,9-10H2,1-3H3,(H,17,20). The van der Waals surface area contributed by atoms with Crippen molar-refractivity contribution in [2.24, 2.45) is 5.92 Å². The topological polar surface area (TPSA) is 81.7 Å². The number of methoxy groups -OCH3 is 1. The van der Waals surface area contributed by atoms with Gasteiger partial charge < -0.3 is 14.8 Å². The summed E-state index contributed by atoms with van der Waals surface area (Å²) >= 11 is 0. The van der Waals surface area contributed by atoms with Crippen LogP contribution < -0.4 is 5.32 Å². The Morgan fingerprint density at radius 2 is 1.77 bits per heavy atom. The van der Waals surface area contributed by atoms with Crippen molar-refractivity contribution in [3.05, 3.63) is 35.9 Å². The fourth-order valence-corrected chi connectivity index (χ4v) is 1.68. The van der Waals surface area contributed by atoms with Gasteiger partial charge in [-0.15, -0.1) is 0 Å². The number of carbonyl (C=O) groups is 3. The fourth-order valence-electron chi connectivity index (χ4n) is 1.68. The molecule has 0 bridgehead atoms. The van der Waals surface area contributed by atoms with Gasteiger partial charge in [0.05, 0.1) is 7.11 Å². The molecule has 6 heteroatoms. The lowest BCUT2D eigenvalue weighted by atomic mass is 10.0. The molecule has 0 fully saturated rings. The minimum absolute atomic E-state index is 0.0820. The zero-order chi connectivity index (χ0) is 16.5. The summed E-state index contributed by atoms with van der Waals surface area (Å²) in [4.78, 5) is 35.1. The minimum atomic E-state index is -1.04. The summed E-state index contributed by atoms with van der Waals surface area (Å²) in [7, 11) is 1.20. The molecule has 1 unspecified atom stereocenters. The molecule has 22 heavy (non-hydrogen) atoms. The molecule has 0 aliphatic heterocycles. The van der Waals surface area contributed by atoms with Crippen LogP contribution in [0.15, 0.2) is 30.3 Å². The molecular formula is C16H21NO5. The number of Topliss-reactive ketones (excluding diaryl/α,β-unsaturated/α-hetero) is 1. The van der Waals surface area contributed by atoms with E-state index in [-0.39, 0.29) is 24.7 Å². The second-order valence-corrected chi connectivity index (χ2v) is 5.11. The summed E-state index contributed by atoms with van der Waals surface area (Å²) in [6.07, 6.45) is -0.888. The Morgan fingerprint density at radius 1 is 1.14 bits per heavy atom. The third-order valence-electron chi connectivity index (χ3n) is 3.04. The van der Waals surface area contributed by atoms with Crippen LogP contribution in [0, 0.1) is 5.92 Å². The van der Waals surface area contributed by atoms with E-state index in [4.69, 9.17) is 4.74 Å². The van der Waals surface area contributed by atoms with Gasteiger partial charge in [-0.1, -0.05) is 44.2 Å². The van der Waals surface area contributed by atoms with Crippen LogP contribution in [-0.2, 0) is 25.7 Å². The lowest BCUT2D eigenvalue weighted by Gasteiger charge is -2.16. The number of hydrogen-bond donors (Lipinski definition) is 1. The van der Waals surface area contributed by atoms with Crippen molar-refractivity contribution < 1.29 is 23.9 Å². The Bertz CT molecular complexity index is 513. The monoisotopic (exact) mass is 307 g/mol. The molecule has 0 aromatic heterocycles. The van der Waals surface area contributed by atoms with Gasteiger partial charge in [-0.2, -0.15) is 0 Å². The molecule has 0 saturated heterocycles. The Kier molecular flexibility index (Phi) is 7.08. The molecule has 120 valence electrons. The molecule has 1 aromatic rings. The molecule has 6 nitrogen and oxygen atoms in total. The largest absolute Gasteiger partial charge is 0.467 e. The average molecular weight is 307 g/mol. The van der Waals surface area contributed by atoms with Crippen LogP contribution in [0.4, 0.5) is 4.79 Å². The maximum Gasteiger partial charge on any atom is 0.408 e. The van der Waals surface area contributed by atoms with E-state index in [1.54, 1.807) is 13.8 Å². The number of hydrogen-bond acceptors (Lipinski definition) is 5. The molecule has 1 amide bonds. The van der Waals surface area contributed by atoms with E-state index < -0.39 is 18.1 Å². The van der Waals surface area contributed by atoms with Crippen molar-refractivity contribution in [1.82, 2.24) is 5.32 Å². The van der Waals surface area contributed by atoms with Crippen LogP contribution in [0.5, 0.6) is 0 Å². The lowest BCUT2D eigenvalue weighted by molar-refractivity contribution is -0.144. The van der Waals surface area contributed by atoms with Crippen LogP contribution >= 0.6 is 0 Å². The smallest absolute Gasteiger partial charge is 0.408 e. The van der Waals surface area contributed by atoms with Crippen molar-refractivity contribution in [1.29, 1.82) is 0 Å². The third kappa shape index (κ3) is 5.95. The first kappa shape index (κ1) is 17.7. The quantitative estimate of drug-likeness (QED) is 0.780. The number of carbonyl (C=O) groups excluding carboxylic acids is 3. The molecule has 0 heterocycles. The van der Waals surface area contributed by atoms with Gasteiger partial charge in [-0.05, 0) is 5.56 Å². The first-order valence-electron chi connectivity index (χ1n) is 7.01. The van der Waals surface area contributed by atoms with E-state index in [1.165, 1.54) is 7.11 Å². The molecule has 0 radical (unpaired) electrons. The lowest BCUT2D eigenvalue weighted by Crippen LogP contribution is -2.43. The van der Waals surface area contributed by atoms with Crippen LogP contribution in [0.25, 0.3) is 0 Å². The highest BCUT2D eigenvalue weighted by Crippen LogP contribution is 2.06. The van der Waals surface area contributed by atoms with E-state index in [2.05, 4.69) is 10.1 Å². The highest BCUT2D eigenvalue weighted by Gasteiger charge is 2.26. The van der Waals surface area contributed by atoms with Crippen molar-refractivity contribution in [2.45, 2.75) is 32.9 Å². The number of ether oxygens (including phenoxy) is 2. The van der Waals surface area contributed by atoms with Gasteiger partial charge in [0.2, 0.25) is 0 Å². The summed E-state index contributed by atoms with van der Waals surface area (Å²) < 4.78 is 9.62. The second-order valence-electron chi connectivity index (χ2n) is 5.11. The highest BCUT2D eigenvalue weighted by molar-refractivity contribution is 5.89. The van der Waals surface area contributed by atoms with E-state index in [1.807, 2.05) is 30.3 Å². The van der Waals surface area contributed by atoms with E-state index in [0.29, 0.717) is 0 Å². The Morgan fingerprint density at radius 3 is 2.32 bits per heavy atom. The minimum Gasteiger partial charge on any atom is -0.467 e. The van der Waals surface area contributed by atoms with Crippen LogP contribution in [0.2, 0.25) is 0 Å². The molecule has 1 rings (SSSR count). The number of benzene rings is 1. The zero-order valence-corrected chi connectivity index (χ0v) is 13.0. The van der Waals surface area contributed by atoms with Crippen molar-refractivity contribution in [2.75, 3.05) is 7.11 Å². The predicted octanol–water partition coefficient (Wildman–Crippen LogP) is 2.07. The second kappa shape index (κ2) is 8.81. The zero-order valence-electron chi connectivity index (χ0n) is 13.0. The van der Waals surface area contributed by atoms with E-state index in [9.17, 15) is 14.4 Å². The van der Waals surface area contributed by atoms with Crippen LogP contribution in [0.1, 0.15) is 25.8 Å². The number of rotatable bonds is 7. The van der Waals surface area contributed by atoms with Gasteiger partial charge in [0.25, 0.3) is 0 Å². The first-order chi connectivity index (χ1) is 10.4. The SMILES string of the molecule is COC(=O)C(CC(=O)C(C)C)NC(=O)OCc1ccccc1. The number of amides is 1. The van der Waals surface area contributed by atoms with Gasteiger partial charge in [-0.25, -0.2) is 9.59 Å². The molecule has 0 saturated carbocycles. The van der Waals surface area contributed by atoms with E-state index in [0.717, 1.165) is 5.56 Å². The normalized spacial score (nSPS) is 11.6. The predicted molar refractivity (Wildman–Crippen MR) is 80.0 cm³/mol. The fraction of sp³-hybridized carbons (Fsp3) is 0.438. The number of alkyl carbamates (subject to hydrolysis) is 1. The Labute approximate surface area is 129 Å². The summed E-state index contributed by atoms with van der Waals surface area (Å²) in [5.74, 6) is -1.04. The van der Waals surface area contributed by atoms with Gasteiger partial charge in [-0.3, -0.25) is 4.79 Å². The third-order valence-corrected chi connectivity index (χ3v) is 3.04. The van der Waals surface area contributed by atoms with Crippen molar-refractivity contribution in [3.8, 4) is 0 Å².